The number of nitrogens with one attached hydrogen (secondary N) is 1. The van der Waals surface area contributed by atoms with Crippen LogP contribution in [-0.2, 0) is 4.79 Å². The van der Waals surface area contributed by atoms with E-state index in [4.69, 9.17) is 10.8 Å². The van der Waals surface area contributed by atoms with E-state index in [9.17, 15) is 4.79 Å². The molecule has 1 amide bonds. The van der Waals surface area contributed by atoms with Gasteiger partial charge in [-0.2, -0.15) is 0 Å². The molecule has 0 aromatic heterocycles. The van der Waals surface area contributed by atoms with Crippen LogP contribution in [0.5, 0.6) is 0 Å². The average molecular weight is 172 g/mol. The lowest BCUT2D eigenvalue weighted by Gasteiger charge is -2.10. The molecule has 0 radical (unpaired) electrons. The molecule has 4 N–H and O–H groups in total. The topological polar surface area (TPSA) is 75.3 Å². The molecule has 1 aliphatic carbocycles. The zero-order valence-electron chi connectivity index (χ0n) is 7.34. The zero-order chi connectivity index (χ0) is 9.19. The average Bonchev–Trinajstić information content (AvgIpc) is 2.68. The minimum Gasteiger partial charge on any atom is -0.393 e. The van der Waals surface area contributed by atoms with Crippen LogP contribution in [0.4, 0.5) is 0 Å². The van der Waals surface area contributed by atoms with Gasteiger partial charge >= 0.3 is 0 Å². The molecule has 1 rings (SSSR count). The van der Waals surface area contributed by atoms with Crippen LogP contribution in [-0.4, -0.2) is 29.2 Å². The summed E-state index contributed by atoms with van der Waals surface area (Å²) < 4.78 is 0. The van der Waals surface area contributed by atoms with E-state index in [1.807, 2.05) is 0 Å². The van der Waals surface area contributed by atoms with Gasteiger partial charge in [-0.05, 0) is 26.2 Å². The SMILES string of the molecule is CC(O)CCNC(=O)C1(N)CC1. The number of hydrogen-bond acceptors (Lipinski definition) is 3. The Bertz CT molecular complexity index is 176. The second kappa shape index (κ2) is 3.41. The van der Waals surface area contributed by atoms with Gasteiger partial charge in [-0.25, -0.2) is 0 Å². The molecule has 0 spiro atoms. The first-order valence-electron chi connectivity index (χ1n) is 4.30. The summed E-state index contributed by atoms with van der Waals surface area (Å²) in [6.45, 7) is 2.21. The number of nitrogens with two attached hydrogens (primary N) is 1. The predicted molar refractivity (Wildman–Crippen MR) is 45.5 cm³/mol. The maximum Gasteiger partial charge on any atom is 0.240 e. The van der Waals surface area contributed by atoms with Crippen molar-refractivity contribution in [3.63, 3.8) is 0 Å². The molecule has 1 unspecified atom stereocenters. The van der Waals surface area contributed by atoms with Crippen LogP contribution in [0.15, 0.2) is 0 Å². The smallest absolute Gasteiger partial charge is 0.240 e. The normalized spacial score (nSPS) is 21.6. The van der Waals surface area contributed by atoms with Crippen LogP contribution in [0, 0.1) is 0 Å². The molecule has 12 heavy (non-hydrogen) atoms. The first-order valence-corrected chi connectivity index (χ1v) is 4.30. The highest BCUT2D eigenvalue weighted by Gasteiger charge is 2.45. The summed E-state index contributed by atoms with van der Waals surface area (Å²) in [6, 6.07) is 0. The van der Waals surface area contributed by atoms with Crippen molar-refractivity contribution in [2.24, 2.45) is 5.73 Å². The second-order valence-corrected chi connectivity index (χ2v) is 3.55. The van der Waals surface area contributed by atoms with Crippen molar-refractivity contribution >= 4 is 5.91 Å². The second-order valence-electron chi connectivity index (χ2n) is 3.55. The van der Waals surface area contributed by atoms with Gasteiger partial charge in [-0.15, -0.1) is 0 Å². The van der Waals surface area contributed by atoms with E-state index >= 15 is 0 Å². The molecule has 1 fully saturated rings. The van der Waals surface area contributed by atoms with E-state index in [0.29, 0.717) is 13.0 Å². The lowest BCUT2D eigenvalue weighted by molar-refractivity contribution is -0.123. The Hall–Kier alpha value is -0.610. The van der Waals surface area contributed by atoms with Crippen molar-refractivity contribution in [3.05, 3.63) is 0 Å². The van der Waals surface area contributed by atoms with Crippen LogP contribution in [0.3, 0.4) is 0 Å². The molecule has 0 bridgehead atoms. The number of carbonyl (C=O) groups excluding carboxylic acids is 1. The fourth-order valence-electron chi connectivity index (χ4n) is 0.932. The van der Waals surface area contributed by atoms with Gasteiger partial charge in [0.25, 0.3) is 0 Å². The maximum absolute atomic E-state index is 11.2. The summed E-state index contributed by atoms with van der Waals surface area (Å²) in [6.07, 6.45) is 1.79. The number of carbonyl (C=O) groups is 1. The van der Waals surface area contributed by atoms with Crippen molar-refractivity contribution in [2.75, 3.05) is 6.54 Å². The number of rotatable bonds is 4. The highest BCUT2D eigenvalue weighted by atomic mass is 16.3. The highest BCUT2D eigenvalue weighted by molar-refractivity contribution is 5.88. The van der Waals surface area contributed by atoms with Crippen LogP contribution in [0.2, 0.25) is 0 Å². The Kier molecular flexibility index (Phi) is 2.69. The molecule has 0 aromatic rings. The van der Waals surface area contributed by atoms with Gasteiger partial charge in [0.15, 0.2) is 0 Å². The van der Waals surface area contributed by atoms with E-state index in [0.717, 1.165) is 12.8 Å². The summed E-state index contributed by atoms with van der Waals surface area (Å²) in [5, 5.41) is 11.6. The third-order valence-corrected chi connectivity index (χ3v) is 2.09. The maximum atomic E-state index is 11.2. The Labute approximate surface area is 72.1 Å². The van der Waals surface area contributed by atoms with E-state index < -0.39 is 5.54 Å². The Balaban J connectivity index is 2.11. The fraction of sp³-hybridized carbons (Fsp3) is 0.875. The van der Waals surface area contributed by atoms with Crippen LogP contribution in [0.1, 0.15) is 26.2 Å². The van der Waals surface area contributed by atoms with Gasteiger partial charge in [-0.3, -0.25) is 4.79 Å². The molecule has 0 saturated heterocycles. The summed E-state index contributed by atoms with van der Waals surface area (Å²) in [5.74, 6) is -0.0804. The summed E-state index contributed by atoms with van der Waals surface area (Å²) in [4.78, 5) is 11.2. The molecule has 1 atom stereocenters. The molecule has 0 heterocycles. The summed E-state index contributed by atoms with van der Waals surface area (Å²) >= 11 is 0. The van der Waals surface area contributed by atoms with E-state index in [1.54, 1.807) is 6.92 Å². The standard InChI is InChI=1S/C8H16N2O2/c1-6(11)2-5-10-7(12)8(9)3-4-8/h6,11H,2-5,9H2,1H3,(H,10,12). The minimum atomic E-state index is -0.585. The third kappa shape index (κ3) is 2.46. The zero-order valence-corrected chi connectivity index (χ0v) is 7.34. The number of aliphatic hydroxyl groups is 1. The monoisotopic (exact) mass is 172 g/mol. The number of hydrogen-bond donors (Lipinski definition) is 3. The summed E-state index contributed by atoms with van der Waals surface area (Å²) in [5.41, 5.74) is 5.05. The molecular weight excluding hydrogens is 156 g/mol. The molecule has 1 saturated carbocycles. The molecular formula is C8H16N2O2. The van der Waals surface area contributed by atoms with Gasteiger partial charge in [0.2, 0.25) is 5.91 Å². The van der Waals surface area contributed by atoms with E-state index in [-0.39, 0.29) is 12.0 Å². The van der Waals surface area contributed by atoms with Gasteiger partial charge in [-0.1, -0.05) is 0 Å². The Morgan fingerprint density at radius 2 is 2.33 bits per heavy atom. The van der Waals surface area contributed by atoms with Crippen molar-refractivity contribution in [1.82, 2.24) is 5.32 Å². The Morgan fingerprint density at radius 3 is 2.75 bits per heavy atom. The van der Waals surface area contributed by atoms with Crippen molar-refractivity contribution in [2.45, 2.75) is 37.8 Å². The van der Waals surface area contributed by atoms with Crippen molar-refractivity contribution in [1.29, 1.82) is 0 Å². The third-order valence-electron chi connectivity index (χ3n) is 2.09. The predicted octanol–water partition coefficient (Wildman–Crippen LogP) is -0.635. The lowest BCUT2D eigenvalue weighted by Crippen LogP contribution is -2.43. The van der Waals surface area contributed by atoms with Crippen LogP contribution in [0.25, 0.3) is 0 Å². The first kappa shape index (κ1) is 9.48. The quantitative estimate of drug-likeness (QED) is 0.528. The van der Waals surface area contributed by atoms with Gasteiger partial charge in [0.05, 0.1) is 11.6 Å². The van der Waals surface area contributed by atoms with Gasteiger partial charge < -0.3 is 16.2 Å². The Morgan fingerprint density at radius 1 is 1.75 bits per heavy atom. The largest absolute Gasteiger partial charge is 0.393 e. The molecule has 4 nitrogen and oxygen atoms in total. The molecule has 1 aliphatic rings. The van der Waals surface area contributed by atoms with Gasteiger partial charge in [0.1, 0.15) is 0 Å². The molecule has 0 aliphatic heterocycles. The number of aliphatic hydroxyl groups excluding tert-OH is 1. The fourth-order valence-corrected chi connectivity index (χ4v) is 0.932. The highest BCUT2D eigenvalue weighted by Crippen LogP contribution is 2.31. The van der Waals surface area contributed by atoms with E-state index in [2.05, 4.69) is 5.32 Å². The molecule has 4 heteroatoms. The number of amides is 1. The summed E-state index contributed by atoms with van der Waals surface area (Å²) in [7, 11) is 0. The van der Waals surface area contributed by atoms with E-state index in [1.165, 1.54) is 0 Å². The van der Waals surface area contributed by atoms with Crippen LogP contribution >= 0.6 is 0 Å². The molecule has 0 aromatic carbocycles. The van der Waals surface area contributed by atoms with Crippen molar-refractivity contribution < 1.29 is 9.90 Å². The van der Waals surface area contributed by atoms with Crippen molar-refractivity contribution in [3.8, 4) is 0 Å². The van der Waals surface area contributed by atoms with Crippen LogP contribution < -0.4 is 11.1 Å². The lowest BCUT2D eigenvalue weighted by atomic mass is 10.2. The first-order chi connectivity index (χ1) is 5.54. The van der Waals surface area contributed by atoms with Gasteiger partial charge in [0, 0.05) is 6.54 Å². The molecule has 70 valence electrons. The minimum absolute atomic E-state index is 0.0804.